The van der Waals surface area contributed by atoms with Crippen molar-refractivity contribution in [1.82, 2.24) is 0 Å². The third kappa shape index (κ3) is 64.5. The Morgan fingerprint density at radius 1 is 0.667 bits per heavy atom. The van der Waals surface area contributed by atoms with Crippen molar-refractivity contribution in [2.24, 2.45) is 23.7 Å². The maximum Gasteiger partial charge on any atom is 0.0459 e. The minimum atomic E-state index is 0.833. The monoisotopic (exact) mass is 923 g/mol. The number of rotatable bonds is 6. The molecule has 0 saturated carbocycles. The number of ether oxygens (including phenoxy) is 1. The van der Waals surface area contributed by atoms with Crippen LogP contribution in [0.5, 0.6) is 0 Å². The molecule has 0 amide bonds. The summed E-state index contributed by atoms with van der Waals surface area (Å²) in [4.78, 5) is 0. The molecule has 7 rings (SSSR count). The smallest absolute Gasteiger partial charge is 0.0459 e. The molecule has 3 aromatic carbocycles. The quantitative estimate of drug-likeness (QED) is 0.180. The van der Waals surface area contributed by atoms with Crippen molar-refractivity contribution in [2.45, 2.75) is 174 Å². The fourth-order valence-electron chi connectivity index (χ4n) is 4.88. The summed E-state index contributed by atoms with van der Waals surface area (Å²) in [5, 5.41) is 0. The number of aryl methyl sites for hydroxylation is 5. The van der Waals surface area contributed by atoms with Crippen molar-refractivity contribution in [3.8, 4) is 12.3 Å². The van der Waals surface area contributed by atoms with Crippen LogP contribution in [0.15, 0.2) is 140 Å². The SMILES string of the molecule is C#CCC.C=CCC.CC.CC1C=C1.CC1C=CC1.CC1C=CCC1.CC1C=CCCC1.CCCOC.CCCSC.CCc1ccccc1.Cc1cccc(C)c1.Cc1ccccc1C. The van der Waals surface area contributed by atoms with Gasteiger partial charge in [0.1, 0.15) is 0 Å². The molecule has 2 heteroatoms. The first-order valence-electron chi connectivity index (χ1n) is 25.6. The second-order valence-corrected chi connectivity index (χ2v) is 17.5. The molecule has 3 aromatic rings. The van der Waals surface area contributed by atoms with Crippen LogP contribution in [0.1, 0.15) is 168 Å². The van der Waals surface area contributed by atoms with E-state index in [9.17, 15) is 0 Å². The molecule has 4 aliphatic rings. The Bertz CT molecular complexity index is 1500. The molecule has 1 nitrogen and oxygen atoms in total. The lowest BCUT2D eigenvalue weighted by atomic mass is 9.98. The van der Waals surface area contributed by atoms with E-state index in [1.54, 1.807) is 7.11 Å². The molecule has 0 aliphatic heterocycles. The van der Waals surface area contributed by atoms with E-state index in [-0.39, 0.29) is 0 Å². The molecule has 0 N–H and O–H groups in total. The zero-order valence-corrected chi connectivity index (χ0v) is 47.1. The second kappa shape index (κ2) is 59.2. The molecule has 0 heterocycles. The van der Waals surface area contributed by atoms with E-state index < -0.39 is 0 Å². The normalized spacial score (nSPS) is 15.4. The van der Waals surface area contributed by atoms with Crippen LogP contribution in [0.3, 0.4) is 0 Å². The summed E-state index contributed by atoms with van der Waals surface area (Å²) in [6.45, 7) is 36.2. The van der Waals surface area contributed by atoms with Crippen molar-refractivity contribution in [1.29, 1.82) is 0 Å². The third-order valence-corrected chi connectivity index (χ3v) is 10.3. The highest BCUT2D eigenvalue weighted by molar-refractivity contribution is 7.98. The van der Waals surface area contributed by atoms with Gasteiger partial charge in [0.25, 0.3) is 0 Å². The summed E-state index contributed by atoms with van der Waals surface area (Å²) in [5.41, 5.74) is 6.82. The lowest BCUT2D eigenvalue weighted by molar-refractivity contribution is 0.199. The van der Waals surface area contributed by atoms with Gasteiger partial charge in [-0.2, -0.15) is 11.8 Å². The van der Waals surface area contributed by atoms with Crippen LogP contribution in [0.4, 0.5) is 0 Å². The van der Waals surface area contributed by atoms with Gasteiger partial charge in [0, 0.05) is 20.1 Å². The minimum absolute atomic E-state index is 0.833. The van der Waals surface area contributed by atoms with Crippen molar-refractivity contribution >= 4 is 11.8 Å². The van der Waals surface area contributed by atoms with E-state index in [4.69, 9.17) is 11.2 Å². The standard InChI is InChI=1S/3C8H10.C7H12.C6H10.C5H8.C4H10O.C4H10S.C4H6.C4H8.C4H6.C2H6/c1-7-4-3-5-8(2)6-7;1-7-5-3-4-6-8(7)2;1-2-8-6-4-3-5-7-8;1-7-5-3-2-4-6-7;1-6-4-2-3-5-6;1-5-3-2-4-5;2*1-3-4-5-2;1-4-2-3-4;2*1-3-4-2;1-2/h2*3-6H,1-2H3;3-7H,2H2,1H3;3,5,7H,2,4,6H2,1H3;2,4,6H,3,5H2,1H3;2-3,5H,4H2,1H3;2*3-4H2,1-2H3;2-4H,1H3;3H,1,4H2,2H3;1H,4H2,2H3;1-2H3. The number of hydrogen-bond acceptors (Lipinski definition) is 2. The summed E-state index contributed by atoms with van der Waals surface area (Å²) in [5.74, 6) is 7.17. The number of thioether (sulfide) groups is 1. The van der Waals surface area contributed by atoms with Gasteiger partial charge in [0.15, 0.2) is 0 Å². The number of terminal acetylenes is 1. The Kier molecular flexibility index (Phi) is 63.9. The average molecular weight is 924 g/mol. The molecule has 0 bridgehead atoms. The van der Waals surface area contributed by atoms with Gasteiger partial charge < -0.3 is 4.74 Å². The summed E-state index contributed by atoms with van der Waals surface area (Å²) in [6, 6.07) is 27.3. The van der Waals surface area contributed by atoms with Crippen molar-refractivity contribution in [3.05, 3.63) is 168 Å². The number of allylic oxidation sites excluding steroid dienone is 9. The first kappa shape index (κ1) is 71.2. The molecule has 3 unspecified atom stereocenters. The Balaban J connectivity index is -0.000000208. The highest BCUT2D eigenvalue weighted by atomic mass is 32.2. The van der Waals surface area contributed by atoms with Gasteiger partial charge in [-0.3, -0.25) is 0 Å². The van der Waals surface area contributed by atoms with Gasteiger partial charge in [-0.15, -0.1) is 18.9 Å². The number of methoxy groups -OCH3 is 1. The second-order valence-electron chi connectivity index (χ2n) is 16.5. The van der Waals surface area contributed by atoms with Gasteiger partial charge in [0.05, 0.1) is 0 Å². The molecule has 0 aromatic heterocycles. The molecular formula is C64H106OS. The Morgan fingerprint density at radius 2 is 1.12 bits per heavy atom. The summed E-state index contributed by atoms with van der Waals surface area (Å²) in [6.07, 6.45) is 40.3. The highest BCUT2D eigenvalue weighted by Crippen LogP contribution is 2.16. The van der Waals surface area contributed by atoms with Crippen LogP contribution in [-0.4, -0.2) is 25.7 Å². The van der Waals surface area contributed by atoms with Crippen LogP contribution in [-0.2, 0) is 11.2 Å². The number of benzene rings is 3. The van der Waals surface area contributed by atoms with Crippen molar-refractivity contribution in [3.63, 3.8) is 0 Å². The van der Waals surface area contributed by atoms with Crippen LogP contribution in [0.2, 0.25) is 0 Å². The van der Waals surface area contributed by atoms with E-state index in [0.29, 0.717) is 0 Å². The first-order chi connectivity index (χ1) is 31.8. The molecule has 66 heavy (non-hydrogen) atoms. The Labute approximate surface area is 418 Å². The summed E-state index contributed by atoms with van der Waals surface area (Å²) >= 11 is 1.90. The summed E-state index contributed by atoms with van der Waals surface area (Å²) in [7, 11) is 1.71. The van der Waals surface area contributed by atoms with Gasteiger partial charge in [-0.05, 0) is 144 Å². The molecule has 3 atom stereocenters. The topological polar surface area (TPSA) is 9.23 Å². The van der Waals surface area contributed by atoms with Gasteiger partial charge >= 0.3 is 0 Å². The average Bonchev–Trinajstić information content (AvgIpc) is 3.97. The number of hydrogen-bond donors (Lipinski definition) is 0. The fourth-order valence-corrected chi connectivity index (χ4v) is 5.29. The Hall–Kier alpha value is -3.77. The zero-order chi connectivity index (χ0) is 51.1. The van der Waals surface area contributed by atoms with Crippen LogP contribution >= 0.6 is 11.8 Å². The molecule has 0 radical (unpaired) electrons. The van der Waals surface area contributed by atoms with Gasteiger partial charge in [0.2, 0.25) is 0 Å². The lowest BCUT2D eigenvalue weighted by Gasteiger charge is -2.08. The van der Waals surface area contributed by atoms with Crippen LogP contribution in [0, 0.1) is 63.7 Å². The molecule has 4 aliphatic carbocycles. The maximum absolute atomic E-state index is 4.78. The first-order valence-corrected chi connectivity index (χ1v) is 27.0. The molecular weight excluding hydrogens is 817 g/mol. The molecule has 0 saturated heterocycles. The molecule has 374 valence electrons. The van der Waals surface area contributed by atoms with Crippen molar-refractivity contribution in [2.75, 3.05) is 25.7 Å². The zero-order valence-electron chi connectivity index (χ0n) is 46.3. The van der Waals surface area contributed by atoms with E-state index >= 15 is 0 Å². The molecule has 0 fully saturated rings. The van der Waals surface area contributed by atoms with E-state index in [0.717, 1.165) is 56.0 Å². The van der Waals surface area contributed by atoms with E-state index in [1.807, 2.05) is 44.7 Å². The van der Waals surface area contributed by atoms with E-state index in [1.165, 1.54) is 78.5 Å². The predicted octanol–water partition coefficient (Wildman–Crippen LogP) is 20.4. The van der Waals surface area contributed by atoms with Gasteiger partial charge in [-0.25, -0.2) is 0 Å². The Morgan fingerprint density at radius 3 is 1.27 bits per heavy atom. The largest absolute Gasteiger partial charge is 0.385 e. The fraction of sp³-hybridized carbons (Fsp3) is 0.531. The third-order valence-electron chi connectivity index (χ3n) is 9.46. The predicted molar refractivity (Wildman–Crippen MR) is 310 cm³/mol. The summed E-state index contributed by atoms with van der Waals surface area (Å²) < 4.78 is 4.69. The van der Waals surface area contributed by atoms with E-state index in [2.05, 4.69) is 223 Å². The lowest BCUT2D eigenvalue weighted by Crippen LogP contribution is -1.93. The minimum Gasteiger partial charge on any atom is -0.385 e. The van der Waals surface area contributed by atoms with Crippen molar-refractivity contribution < 1.29 is 4.74 Å². The molecule has 0 spiro atoms. The van der Waals surface area contributed by atoms with Crippen LogP contribution in [0.25, 0.3) is 0 Å². The van der Waals surface area contributed by atoms with Gasteiger partial charge in [-0.1, -0.05) is 221 Å². The highest BCUT2D eigenvalue weighted by Gasteiger charge is 2.00. The maximum atomic E-state index is 4.78. The van der Waals surface area contributed by atoms with Crippen LogP contribution < -0.4 is 0 Å².